The van der Waals surface area contributed by atoms with Crippen molar-refractivity contribution < 1.29 is 23.8 Å². The molecule has 36 heavy (non-hydrogen) atoms. The maximum Gasteiger partial charge on any atom is 0.343 e. The van der Waals surface area contributed by atoms with Gasteiger partial charge in [0.25, 0.3) is 0 Å². The third kappa shape index (κ3) is 7.30. The van der Waals surface area contributed by atoms with E-state index in [1.165, 1.54) is 5.56 Å². The number of esters is 2. The molecule has 0 aliphatic carbocycles. The van der Waals surface area contributed by atoms with Crippen molar-refractivity contribution in [3.05, 3.63) is 130 Å². The third-order valence-electron chi connectivity index (χ3n) is 5.43. The molecule has 0 saturated heterocycles. The Kier molecular flexibility index (Phi) is 8.89. The average Bonchev–Trinajstić information content (AvgIpc) is 2.91. The van der Waals surface area contributed by atoms with Crippen molar-refractivity contribution in [3.8, 4) is 11.5 Å². The van der Waals surface area contributed by atoms with Gasteiger partial charge in [-0.1, -0.05) is 60.7 Å². The lowest BCUT2D eigenvalue weighted by Gasteiger charge is -2.10. The van der Waals surface area contributed by atoms with Crippen LogP contribution in [0.25, 0.3) is 0 Å². The fourth-order valence-corrected chi connectivity index (χ4v) is 3.98. The van der Waals surface area contributed by atoms with E-state index in [1.54, 1.807) is 42.5 Å². The summed E-state index contributed by atoms with van der Waals surface area (Å²) in [5, 5.41) is 0. The second kappa shape index (κ2) is 12.7. The highest BCUT2D eigenvalue weighted by Crippen LogP contribution is 2.27. The summed E-state index contributed by atoms with van der Waals surface area (Å²) < 4.78 is 17.3. The monoisotopic (exact) mass is 544 g/mol. The summed E-state index contributed by atoms with van der Waals surface area (Å²) >= 11 is 3.46. The van der Waals surface area contributed by atoms with E-state index in [1.807, 2.05) is 48.5 Å². The molecule has 0 radical (unpaired) electrons. The zero-order chi connectivity index (χ0) is 25.2. The van der Waals surface area contributed by atoms with E-state index in [0.29, 0.717) is 46.7 Å². The Morgan fingerprint density at radius 2 is 1.22 bits per heavy atom. The lowest BCUT2D eigenvalue weighted by Crippen LogP contribution is -2.10. The second-order valence-corrected chi connectivity index (χ2v) is 8.87. The molecule has 0 amide bonds. The van der Waals surface area contributed by atoms with Crippen molar-refractivity contribution in [2.75, 3.05) is 13.2 Å². The summed E-state index contributed by atoms with van der Waals surface area (Å²) in [4.78, 5) is 24.9. The van der Waals surface area contributed by atoms with Crippen LogP contribution in [0.3, 0.4) is 0 Å². The van der Waals surface area contributed by atoms with Gasteiger partial charge in [-0.2, -0.15) is 0 Å². The quantitative estimate of drug-likeness (QED) is 0.164. The molecule has 4 rings (SSSR count). The van der Waals surface area contributed by atoms with E-state index in [2.05, 4.69) is 28.1 Å². The molecule has 0 aromatic heterocycles. The smallest absolute Gasteiger partial charge is 0.343 e. The van der Waals surface area contributed by atoms with Gasteiger partial charge in [-0.15, -0.1) is 0 Å². The normalized spacial score (nSPS) is 10.5. The van der Waals surface area contributed by atoms with Crippen LogP contribution in [0.5, 0.6) is 11.5 Å². The molecule has 0 heterocycles. The lowest BCUT2D eigenvalue weighted by molar-refractivity contribution is 0.0509. The predicted molar refractivity (Wildman–Crippen MR) is 142 cm³/mol. The molecule has 0 fully saturated rings. The third-order valence-corrected chi connectivity index (χ3v) is 6.05. The minimum absolute atomic E-state index is 0.292. The highest BCUT2D eigenvalue weighted by atomic mass is 79.9. The number of ether oxygens (including phenoxy) is 3. The first-order valence-electron chi connectivity index (χ1n) is 11.6. The molecule has 0 spiro atoms. The van der Waals surface area contributed by atoms with Gasteiger partial charge in [0.15, 0.2) is 0 Å². The van der Waals surface area contributed by atoms with Crippen molar-refractivity contribution in [3.63, 3.8) is 0 Å². The van der Waals surface area contributed by atoms with Gasteiger partial charge in [-0.25, -0.2) is 9.59 Å². The molecule has 4 aromatic rings. The van der Waals surface area contributed by atoms with Crippen molar-refractivity contribution in [2.24, 2.45) is 0 Å². The fourth-order valence-electron chi connectivity index (χ4n) is 3.48. The molecule has 0 unspecified atom stereocenters. The van der Waals surface area contributed by atoms with Crippen molar-refractivity contribution in [1.82, 2.24) is 0 Å². The first-order valence-corrected chi connectivity index (χ1v) is 12.4. The molecule has 4 aromatic carbocycles. The van der Waals surface area contributed by atoms with Crippen LogP contribution >= 0.6 is 15.9 Å². The standard InChI is InChI=1S/C30H25BrO5/c31-27-21-25(13-16-28(27)34-19-17-22-7-3-1-4-8-22)30(33)36-26-14-11-24(12-15-26)29(32)35-20-18-23-9-5-2-6-10-23/h1-16,21H,17-20H2. The Hall–Kier alpha value is -3.90. The first kappa shape index (κ1) is 25.2. The number of rotatable bonds is 10. The molecule has 6 heteroatoms. The number of carbonyl (C=O) groups is 2. The molecule has 0 atom stereocenters. The van der Waals surface area contributed by atoms with E-state index < -0.39 is 11.9 Å². The Morgan fingerprint density at radius 1 is 0.639 bits per heavy atom. The molecular weight excluding hydrogens is 520 g/mol. The molecule has 0 aliphatic rings. The summed E-state index contributed by atoms with van der Waals surface area (Å²) in [5.41, 5.74) is 3.07. The minimum atomic E-state index is -0.510. The van der Waals surface area contributed by atoms with Crippen LogP contribution < -0.4 is 9.47 Å². The van der Waals surface area contributed by atoms with Crippen LogP contribution in [0.15, 0.2) is 108 Å². The summed E-state index contributed by atoms with van der Waals surface area (Å²) in [6.07, 6.45) is 1.43. The summed E-state index contributed by atoms with van der Waals surface area (Å²) in [6.45, 7) is 0.813. The minimum Gasteiger partial charge on any atom is -0.492 e. The van der Waals surface area contributed by atoms with Gasteiger partial charge < -0.3 is 14.2 Å². The molecule has 182 valence electrons. The maximum absolute atomic E-state index is 12.6. The van der Waals surface area contributed by atoms with E-state index in [0.717, 1.165) is 12.0 Å². The summed E-state index contributed by atoms with van der Waals surface area (Å²) in [5.74, 6) is 0.0538. The van der Waals surface area contributed by atoms with Crippen molar-refractivity contribution >= 4 is 27.9 Å². The van der Waals surface area contributed by atoms with Crippen LogP contribution in [0.4, 0.5) is 0 Å². The van der Waals surface area contributed by atoms with Crippen LogP contribution in [0.2, 0.25) is 0 Å². The average molecular weight is 545 g/mol. The predicted octanol–water partition coefficient (Wildman–Crippen LogP) is 6.69. The first-order chi connectivity index (χ1) is 17.6. The van der Waals surface area contributed by atoms with Crippen molar-refractivity contribution in [1.29, 1.82) is 0 Å². The van der Waals surface area contributed by atoms with Crippen molar-refractivity contribution in [2.45, 2.75) is 12.8 Å². The van der Waals surface area contributed by atoms with Gasteiger partial charge in [0.2, 0.25) is 0 Å². The van der Waals surface area contributed by atoms with Crippen LogP contribution in [-0.4, -0.2) is 25.2 Å². The van der Waals surface area contributed by atoms with E-state index in [-0.39, 0.29) is 0 Å². The molecule has 5 nitrogen and oxygen atoms in total. The Bertz CT molecular complexity index is 1290. The van der Waals surface area contributed by atoms with E-state index >= 15 is 0 Å². The van der Waals surface area contributed by atoms with Crippen LogP contribution in [0, 0.1) is 0 Å². The van der Waals surface area contributed by atoms with Crippen LogP contribution in [-0.2, 0) is 17.6 Å². The van der Waals surface area contributed by atoms with E-state index in [4.69, 9.17) is 14.2 Å². The zero-order valence-electron chi connectivity index (χ0n) is 19.6. The number of halogens is 1. The highest BCUT2D eigenvalue weighted by Gasteiger charge is 2.13. The summed E-state index contributed by atoms with van der Waals surface area (Å²) in [6, 6.07) is 31.3. The van der Waals surface area contributed by atoms with Gasteiger partial charge in [0.05, 0.1) is 28.8 Å². The number of carbonyl (C=O) groups excluding carboxylic acids is 2. The molecule has 0 saturated carbocycles. The largest absolute Gasteiger partial charge is 0.492 e. The topological polar surface area (TPSA) is 61.8 Å². The lowest BCUT2D eigenvalue weighted by atomic mass is 10.2. The van der Waals surface area contributed by atoms with Gasteiger partial charge >= 0.3 is 11.9 Å². The van der Waals surface area contributed by atoms with Gasteiger partial charge in [0, 0.05) is 12.8 Å². The SMILES string of the molecule is O=C(OCCc1ccccc1)c1ccc(OC(=O)c2ccc(OCCc3ccccc3)c(Br)c2)cc1. The number of hydrogen-bond donors (Lipinski definition) is 0. The second-order valence-electron chi connectivity index (χ2n) is 8.01. The van der Waals surface area contributed by atoms with Gasteiger partial charge in [-0.05, 0) is 69.5 Å². The molecular formula is C30H25BrO5. The molecule has 0 N–H and O–H groups in total. The van der Waals surface area contributed by atoms with Gasteiger partial charge in [-0.3, -0.25) is 0 Å². The van der Waals surface area contributed by atoms with Gasteiger partial charge in [0.1, 0.15) is 11.5 Å². The Balaban J connectivity index is 1.26. The number of benzene rings is 4. The molecule has 0 aliphatic heterocycles. The zero-order valence-corrected chi connectivity index (χ0v) is 21.1. The Morgan fingerprint density at radius 3 is 1.83 bits per heavy atom. The summed E-state index contributed by atoms with van der Waals surface area (Å²) in [7, 11) is 0. The highest BCUT2D eigenvalue weighted by molar-refractivity contribution is 9.10. The maximum atomic E-state index is 12.6. The van der Waals surface area contributed by atoms with E-state index in [9.17, 15) is 9.59 Å². The number of hydrogen-bond acceptors (Lipinski definition) is 5. The fraction of sp³-hybridized carbons (Fsp3) is 0.133. The van der Waals surface area contributed by atoms with Crippen LogP contribution in [0.1, 0.15) is 31.8 Å². The molecule has 0 bridgehead atoms. The Labute approximate surface area is 218 Å².